The third-order valence-corrected chi connectivity index (χ3v) is 6.14. The van der Waals surface area contributed by atoms with Gasteiger partial charge in [-0.1, -0.05) is 42.1 Å². The number of hydrogen-bond acceptors (Lipinski definition) is 7. The molecule has 1 aromatic heterocycles. The van der Waals surface area contributed by atoms with Gasteiger partial charge in [0.2, 0.25) is 11.1 Å². The number of nitrogens with zero attached hydrogens (tertiary/aromatic N) is 6. The minimum Gasteiger partial charge on any atom is -0.376 e. The van der Waals surface area contributed by atoms with Gasteiger partial charge in [-0.3, -0.25) is 9.69 Å². The van der Waals surface area contributed by atoms with Crippen LogP contribution in [0.3, 0.4) is 0 Å². The minimum absolute atomic E-state index is 0.149. The molecule has 2 aromatic rings. The van der Waals surface area contributed by atoms with Crippen molar-refractivity contribution in [2.24, 2.45) is 0 Å². The summed E-state index contributed by atoms with van der Waals surface area (Å²) in [6, 6.07) is 10.5. The largest absolute Gasteiger partial charge is 0.376 e. The van der Waals surface area contributed by atoms with E-state index in [1.54, 1.807) is 4.68 Å². The molecule has 2 fully saturated rings. The fourth-order valence-electron chi connectivity index (χ4n) is 3.61. The van der Waals surface area contributed by atoms with Crippen LogP contribution in [0.25, 0.3) is 0 Å². The van der Waals surface area contributed by atoms with Crippen molar-refractivity contribution in [1.29, 1.82) is 0 Å². The van der Waals surface area contributed by atoms with Gasteiger partial charge in [0.1, 0.15) is 0 Å². The predicted molar refractivity (Wildman–Crippen MR) is 106 cm³/mol. The van der Waals surface area contributed by atoms with Gasteiger partial charge in [-0.05, 0) is 28.8 Å². The van der Waals surface area contributed by atoms with E-state index >= 15 is 0 Å². The van der Waals surface area contributed by atoms with Gasteiger partial charge < -0.3 is 9.64 Å². The molecular formula is C19H26N6O2S. The Labute approximate surface area is 169 Å². The Hall–Kier alpha value is -1.97. The molecule has 0 bridgehead atoms. The number of carbonyl (C=O) groups excluding carboxylic acids is 1. The number of piperazine rings is 1. The molecule has 2 aliphatic heterocycles. The highest BCUT2D eigenvalue weighted by Gasteiger charge is 2.23. The van der Waals surface area contributed by atoms with E-state index in [1.165, 1.54) is 17.3 Å². The number of amides is 1. The summed E-state index contributed by atoms with van der Waals surface area (Å²) in [6.45, 7) is 5.76. The molecule has 150 valence electrons. The summed E-state index contributed by atoms with van der Waals surface area (Å²) in [4.78, 5) is 16.9. The van der Waals surface area contributed by atoms with Crippen molar-refractivity contribution in [1.82, 2.24) is 30.0 Å². The van der Waals surface area contributed by atoms with Gasteiger partial charge in [-0.25, -0.2) is 4.68 Å². The second kappa shape index (κ2) is 9.49. The molecule has 0 N–H and O–H groups in total. The van der Waals surface area contributed by atoms with Gasteiger partial charge in [0.15, 0.2) is 0 Å². The number of ether oxygens (including phenoxy) is 1. The standard InChI is InChI=1S/C19H26N6O2S/c26-18(15-28-19-20-21-22-25(19)14-17-7-4-12-27-17)24-10-8-23(9-11-24)13-16-5-2-1-3-6-16/h1-3,5-6,17H,4,7-15H2. The molecule has 1 unspecified atom stereocenters. The highest BCUT2D eigenvalue weighted by Crippen LogP contribution is 2.19. The van der Waals surface area contributed by atoms with Crippen molar-refractivity contribution >= 4 is 17.7 Å². The lowest BCUT2D eigenvalue weighted by molar-refractivity contribution is -0.130. The molecule has 2 saturated heterocycles. The highest BCUT2D eigenvalue weighted by atomic mass is 32.2. The molecule has 2 aliphatic rings. The first kappa shape index (κ1) is 19.4. The summed E-state index contributed by atoms with van der Waals surface area (Å²) in [5.41, 5.74) is 1.32. The van der Waals surface area contributed by atoms with E-state index in [9.17, 15) is 4.79 Å². The van der Waals surface area contributed by atoms with Gasteiger partial charge in [-0.2, -0.15) is 0 Å². The number of rotatable bonds is 7. The van der Waals surface area contributed by atoms with Crippen LogP contribution in [0.5, 0.6) is 0 Å². The molecule has 8 nitrogen and oxygen atoms in total. The zero-order chi connectivity index (χ0) is 19.2. The van der Waals surface area contributed by atoms with E-state index in [0.29, 0.717) is 17.5 Å². The first-order valence-corrected chi connectivity index (χ1v) is 10.8. The Bertz CT molecular complexity index is 757. The zero-order valence-electron chi connectivity index (χ0n) is 15.9. The second-order valence-corrected chi connectivity index (χ2v) is 8.15. The molecule has 0 radical (unpaired) electrons. The monoisotopic (exact) mass is 402 g/mol. The van der Waals surface area contributed by atoms with Crippen LogP contribution >= 0.6 is 11.8 Å². The Kier molecular flexibility index (Phi) is 6.56. The van der Waals surface area contributed by atoms with Crippen LogP contribution in [0.1, 0.15) is 18.4 Å². The fraction of sp³-hybridized carbons (Fsp3) is 0.579. The van der Waals surface area contributed by atoms with Crippen LogP contribution in [-0.2, 0) is 22.6 Å². The van der Waals surface area contributed by atoms with E-state index in [0.717, 1.165) is 52.2 Å². The van der Waals surface area contributed by atoms with Crippen molar-refractivity contribution in [3.8, 4) is 0 Å². The van der Waals surface area contributed by atoms with Crippen molar-refractivity contribution in [2.45, 2.75) is 37.2 Å². The number of hydrogen-bond donors (Lipinski definition) is 0. The zero-order valence-corrected chi connectivity index (χ0v) is 16.8. The van der Waals surface area contributed by atoms with Gasteiger partial charge >= 0.3 is 0 Å². The normalized spacial score (nSPS) is 20.6. The maximum atomic E-state index is 12.6. The number of carbonyl (C=O) groups is 1. The Balaban J connectivity index is 1.21. The van der Waals surface area contributed by atoms with Crippen molar-refractivity contribution < 1.29 is 9.53 Å². The Morgan fingerprint density at radius 3 is 2.75 bits per heavy atom. The van der Waals surface area contributed by atoms with Gasteiger partial charge in [0.25, 0.3) is 0 Å². The van der Waals surface area contributed by atoms with E-state index in [2.05, 4.69) is 44.7 Å². The fourth-order valence-corrected chi connectivity index (χ4v) is 4.40. The number of thioether (sulfide) groups is 1. The molecule has 1 aromatic carbocycles. The summed E-state index contributed by atoms with van der Waals surface area (Å²) < 4.78 is 7.40. The molecule has 1 amide bonds. The molecule has 9 heteroatoms. The smallest absolute Gasteiger partial charge is 0.233 e. The summed E-state index contributed by atoms with van der Waals surface area (Å²) in [7, 11) is 0. The van der Waals surface area contributed by atoms with Crippen molar-refractivity contribution in [3.05, 3.63) is 35.9 Å². The molecule has 1 atom stereocenters. The average molecular weight is 403 g/mol. The summed E-state index contributed by atoms with van der Waals surface area (Å²) in [5.74, 6) is 0.515. The maximum absolute atomic E-state index is 12.6. The number of aromatic nitrogens is 4. The maximum Gasteiger partial charge on any atom is 0.233 e. The van der Waals surface area contributed by atoms with Crippen LogP contribution in [0.2, 0.25) is 0 Å². The van der Waals surface area contributed by atoms with Crippen molar-refractivity contribution in [3.63, 3.8) is 0 Å². The third-order valence-electron chi connectivity index (χ3n) is 5.20. The van der Waals surface area contributed by atoms with E-state index < -0.39 is 0 Å². The van der Waals surface area contributed by atoms with Crippen LogP contribution in [0, 0.1) is 0 Å². The summed E-state index contributed by atoms with van der Waals surface area (Å²) in [6.07, 6.45) is 2.30. The first-order chi connectivity index (χ1) is 13.8. The lowest BCUT2D eigenvalue weighted by Gasteiger charge is -2.34. The molecule has 3 heterocycles. The van der Waals surface area contributed by atoms with E-state index in [-0.39, 0.29) is 12.0 Å². The van der Waals surface area contributed by atoms with Crippen LogP contribution < -0.4 is 0 Å². The highest BCUT2D eigenvalue weighted by molar-refractivity contribution is 7.99. The molecule has 28 heavy (non-hydrogen) atoms. The van der Waals surface area contributed by atoms with Gasteiger partial charge in [-0.15, -0.1) is 5.10 Å². The number of benzene rings is 1. The minimum atomic E-state index is 0.149. The number of tetrazole rings is 1. The lowest BCUT2D eigenvalue weighted by atomic mass is 10.2. The van der Waals surface area contributed by atoms with Crippen molar-refractivity contribution in [2.75, 3.05) is 38.5 Å². The molecule has 0 saturated carbocycles. The lowest BCUT2D eigenvalue weighted by Crippen LogP contribution is -2.48. The quantitative estimate of drug-likeness (QED) is 0.646. The Morgan fingerprint density at radius 1 is 1.18 bits per heavy atom. The summed E-state index contributed by atoms with van der Waals surface area (Å²) in [5, 5.41) is 12.6. The molecule has 0 spiro atoms. The first-order valence-electron chi connectivity index (χ1n) is 9.82. The van der Waals surface area contributed by atoms with Crippen LogP contribution in [0.4, 0.5) is 0 Å². The second-order valence-electron chi connectivity index (χ2n) is 7.21. The molecule has 0 aliphatic carbocycles. The molecular weight excluding hydrogens is 376 g/mol. The third kappa shape index (κ3) is 5.09. The Morgan fingerprint density at radius 2 is 2.00 bits per heavy atom. The molecule has 4 rings (SSSR count). The van der Waals surface area contributed by atoms with Crippen LogP contribution in [-0.4, -0.2) is 80.6 Å². The van der Waals surface area contributed by atoms with Gasteiger partial charge in [0, 0.05) is 39.3 Å². The predicted octanol–water partition coefficient (Wildman–Crippen LogP) is 1.29. The van der Waals surface area contributed by atoms with E-state index in [4.69, 9.17) is 4.74 Å². The average Bonchev–Trinajstić information content (AvgIpc) is 3.40. The van der Waals surface area contributed by atoms with E-state index in [1.807, 2.05) is 11.0 Å². The summed E-state index contributed by atoms with van der Waals surface area (Å²) >= 11 is 1.41. The SMILES string of the molecule is O=C(CSc1nnnn1CC1CCCO1)N1CCN(Cc2ccccc2)CC1. The van der Waals surface area contributed by atoms with Crippen LogP contribution in [0.15, 0.2) is 35.5 Å². The van der Waals surface area contributed by atoms with Gasteiger partial charge in [0.05, 0.1) is 18.4 Å². The topological polar surface area (TPSA) is 76.4 Å².